The predicted molar refractivity (Wildman–Crippen MR) is 60.1 cm³/mol. The van der Waals surface area contributed by atoms with Crippen molar-refractivity contribution < 1.29 is 0 Å². The van der Waals surface area contributed by atoms with E-state index >= 15 is 0 Å². The average Bonchev–Trinajstić information content (AvgIpc) is 2.93. The first-order valence-corrected chi connectivity index (χ1v) is 6.22. The zero-order valence-corrected chi connectivity index (χ0v) is 9.58. The van der Waals surface area contributed by atoms with E-state index in [1.54, 1.807) is 0 Å². The van der Waals surface area contributed by atoms with E-state index in [0.717, 1.165) is 30.5 Å². The van der Waals surface area contributed by atoms with Gasteiger partial charge in [-0.05, 0) is 51.0 Å². The normalized spacial score (nSPS) is 36.2. The number of hydrogen-bond donors (Lipinski definition) is 1. The van der Waals surface area contributed by atoms with Crippen molar-refractivity contribution in [3.8, 4) is 0 Å². The molecule has 1 aliphatic heterocycles. The third-order valence-corrected chi connectivity index (χ3v) is 4.05. The number of nitrogens with zero attached hydrogens (tertiary/aromatic N) is 1. The monoisotopic (exact) mass is 196 g/mol. The van der Waals surface area contributed by atoms with Crippen molar-refractivity contribution in [2.45, 2.75) is 51.6 Å². The number of rotatable bonds is 4. The molecule has 1 heterocycles. The molecule has 0 aromatic heterocycles. The zero-order valence-electron chi connectivity index (χ0n) is 9.58. The summed E-state index contributed by atoms with van der Waals surface area (Å²) in [6, 6.07) is 1.63. The molecule has 2 rings (SSSR count). The van der Waals surface area contributed by atoms with Crippen molar-refractivity contribution in [3.63, 3.8) is 0 Å². The summed E-state index contributed by atoms with van der Waals surface area (Å²) < 4.78 is 0. The molecule has 0 aromatic rings. The molecule has 2 N–H and O–H groups in total. The lowest BCUT2D eigenvalue weighted by atomic mass is 10.1. The van der Waals surface area contributed by atoms with Gasteiger partial charge in [0, 0.05) is 18.6 Å². The van der Waals surface area contributed by atoms with Crippen LogP contribution < -0.4 is 5.73 Å². The summed E-state index contributed by atoms with van der Waals surface area (Å²) in [6.45, 7) is 6.85. The van der Waals surface area contributed by atoms with Crippen molar-refractivity contribution in [3.05, 3.63) is 0 Å². The molecule has 3 unspecified atom stereocenters. The van der Waals surface area contributed by atoms with Gasteiger partial charge in [-0.15, -0.1) is 0 Å². The third-order valence-electron chi connectivity index (χ3n) is 4.05. The van der Waals surface area contributed by atoms with Gasteiger partial charge in [0.1, 0.15) is 0 Å². The lowest BCUT2D eigenvalue weighted by Gasteiger charge is -2.31. The second kappa shape index (κ2) is 4.19. The molecule has 0 spiro atoms. The van der Waals surface area contributed by atoms with Crippen LogP contribution in [0.3, 0.4) is 0 Å². The molecule has 2 heteroatoms. The Morgan fingerprint density at radius 2 is 2.14 bits per heavy atom. The van der Waals surface area contributed by atoms with Gasteiger partial charge in [-0.2, -0.15) is 0 Å². The van der Waals surface area contributed by atoms with Crippen molar-refractivity contribution >= 4 is 0 Å². The Balaban J connectivity index is 1.95. The lowest BCUT2D eigenvalue weighted by molar-refractivity contribution is 0.162. The Labute approximate surface area is 87.8 Å². The largest absolute Gasteiger partial charge is 0.330 e. The van der Waals surface area contributed by atoms with E-state index in [2.05, 4.69) is 18.7 Å². The SMILES string of the molecule is CCC(C1CC1)N1CC(CN)CC1C. The highest BCUT2D eigenvalue weighted by Crippen LogP contribution is 2.40. The molecule has 1 aliphatic carbocycles. The van der Waals surface area contributed by atoms with Crippen LogP contribution in [0, 0.1) is 11.8 Å². The summed E-state index contributed by atoms with van der Waals surface area (Å²) in [5.74, 6) is 1.77. The highest BCUT2D eigenvalue weighted by molar-refractivity contribution is 4.94. The van der Waals surface area contributed by atoms with E-state index < -0.39 is 0 Å². The highest BCUT2D eigenvalue weighted by atomic mass is 15.2. The first-order chi connectivity index (χ1) is 6.76. The van der Waals surface area contributed by atoms with Crippen LogP contribution in [0.25, 0.3) is 0 Å². The van der Waals surface area contributed by atoms with Gasteiger partial charge in [-0.25, -0.2) is 0 Å². The summed E-state index contributed by atoms with van der Waals surface area (Å²) in [7, 11) is 0. The van der Waals surface area contributed by atoms with Crippen molar-refractivity contribution in [2.24, 2.45) is 17.6 Å². The van der Waals surface area contributed by atoms with Crippen LogP contribution in [0.15, 0.2) is 0 Å². The molecule has 0 aromatic carbocycles. The second-order valence-corrected chi connectivity index (χ2v) is 5.20. The highest BCUT2D eigenvalue weighted by Gasteiger charge is 2.39. The molecular formula is C12H24N2. The molecule has 0 bridgehead atoms. The summed E-state index contributed by atoms with van der Waals surface area (Å²) in [4.78, 5) is 2.73. The van der Waals surface area contributed by atoms with Gasteiger partial charge < -0.3 is 5.73 Å². The zero-order chi connectivity index (χ0) is 10.1. The molecule has 0 amide bonds. The van der Waals surface area contributed by atoms with E-state index in [1.807, 2.05) is 0 Å². The molecule has 2 aliphatic rings. The van der Waals surface area contributed by atoms with Crippen LogP contribution >= 0.6 is 0 Å². The van der Waals surface area contributed by atoms with E-state index in [1.165, 1.54) is 32.2 Å². The fraction of sp³-hybridized carbons (Fsp3) is 1.00. The van der Waals surface area contributed by atoms with Gasteiger partial charge in [0.05, 0.1) is 0 Å². The van der Waals surface area contributed by atoms with Crippen LogP contribution in [0.1, 0.15) is 39.5 Å². The molecule has 3 atom stereocenters. The minimum absolute atomic E-state index is 0.762. The third kappa shape index (κ3) is 1.96. The van der Waals surface area contributed by atoms with Crippen LogP contribution in [0.4, 0.5) is 0 Å². The van der Waals surface area contributed by atoms with E-state index in [0.29, 0.717) is 0 Å². The molecule has 1 saturated heterocycles. The fourth-order valence-corrected chi connectivity index (χ4v) is 3.12. The maximum atomic E-state index is 5.76. The first kappa shape index (κ1) is 10.4. The number of nitrogens with two attached hydrogens (primary N) is 1. The van der Waals surface area contributed by atoms with Gasteiger partial charge in [-0.3, -0.25) is 4.90 Å². The Morgan fingerprint density at radius 1 is 1.43 bits per heavy atom. The van der Waals surface area contributed by atoms with Crippen molar-refractivity contribution in [1.29, 1.82) is 0 Å². The standard InChI is InChI=1S/C12H24N2/c1-3-12(11-4-5-11)14-8-10(7-13)6-9(14)2/h9-12H,3-8,13H2,1-2H3. The van der Waals surface area contributed by atoms with Crippen LogP contribution in [-0.4, -0.2) is 30.1 Å². The predicted octanol–water partition coefficient (Wildman–Crippen LogP) is 1.84. The first-order valence-electron chi connectivity index (χ1n) is 6.22. The number of hydrogen-bond acceptors (Lipinski definition) is 2. The molecular weight excluding hydrogens is 172 g/mol. The maximum absolute atomic E-state index is 5.76. The summed E-state index contributed by atoms with van der Waals surface area (Å²) in [6.07, 6.45) is 5.58. The number of likely N-dealkylation sites (tertiary alicyclic amines) is 1. The Morgan fingerprint density at radius 3 is 2.57 bits per heavy atom. The molecule has 1 saturated carbocycles. The molecule has 2 fully saturated rings. The van der Waals surface area contributed by atoms with Crippen molar-refractivity contribution in [2.75, 3.05) is 13.1 Å². The van der Waals surface area contributed by atoms with Crippen LogP contribution in [-0.2, 0) is 0 Å². The average molecular weight is 196 g/mol. The van der Waals surface area contributed by atoms with Crippen molar-refractivity contribution in [1.82, 2.24) is 4.90 Å². The van der Waals surface area contributed by atoms with Gasteiger partial charge >= 0.3 is 0 Å². The van der Waals surface area contributed by atoms with Gasteiger partial charge in [0.15, 0.2) is 0 Å². The molecule has 14 heavy (non-hydrogen) atoms. The molecule has 82 valence electrons. The summed E-state index contributed by atoms with van der Waals surface area (Å²) >= 11 is 0. The van der Waals surface area contributed by atoms with Crippen LogP contribution in [0.2, 0.25) is 0 Å². The topological polar surface area (TPSA) is 29.3 Å². The van der Waals surface area contributed by atoms with Crippen LogP contribution in [0.5, 0.6) is 0 Å². The maximum Gasteiger partial charge on any atom is 0.0124 e. The fourth-order valence-electron chi connectivity index (χ4n) is 3.12. The van der Waals surface area contributed by atoms with Gasteiger partial charge in [-0.1, -0.05) is 6.92 Å². The second-order valence-electron chi connectivity index (χ2n) is 5.20. The van der Waals surface area contributed by atoms with Gasteiger partial charge in [0.25, 0.3) is 0 Å². The smallest absolute Gasteiger partial charge is 0.0124 e. The minimum atomic E-state index is 0.762. The molecule has 2 nitrogen and oxygen atoms in total. The lowest BCUT2D eigenvalue weighted by Crippen LogP contribution is -2.39. The van der Waals surface area contributed by atoms with Gasteiger partial charge in [0.2, 0.25) is 0 Å². The van der Waals surface area contributed by atoms with E-state index in [-0.39, 0.29) is 0 Å². The van der Waals surface area contributed by atoms with E-state index in [9.17, 15) is 0 Å². The quantitative estimate of drug-likeness (QED) is 0.743. The minimum Gasteiger partial charge on any atom is -0.330 e. The van der Waals surface area contributed by atoms with E-state index in [4.69, 9.17) is 5.73 Å². The Hall–Kier alpha value is -0.0800. The Kier molecular flexibility index (Phi) is 3.13. The summed E-state index contributed by atoms with van der Waals surface area (Å²) in [5, 5.41) is 0. The Bertz CT molecular complexity index is 189. The summed E-state index contributed by atoms with van der Waals surface area (Å²) in [5.41, 5.74) is 5.76. The molecule has 0 radical (unpaired) electrons.